The van der Waals surface area contributed by atoms with Gasteiger partial charge in [-0.3, -0.25) is 4.79 Å². The van der Waals surface area contributed by atoms with Crippen LogP contribution < -0.4 is 10.1 Å². The molecule has 146 valence electrons. The van der Waals surface area contributed by atoms with Gasteiger partial charge >= 0.3 is 5.97 Å². The van der Waals surface area contributed by atoms with Gasteiger partial charge in [-0.15, -0.1) is 11.3 Å². The van der Waals surface area contributed by atoms with E-state index in [0.717, 1.165) is 23.5 Å². The highest BCUT2D eigenvalue weighted by molar-refractivity contribution is 7.16. The average molecular weight is 390 g/mol. The Morgan fingerprint density at radius 1 is 1.07 bits per heavy atom. The number of anilines is 1. The van der Waals surface area contributed by atoms with E-state index in [1.54, 1.807) is 13.0 Å². The number of carbonyl (C=O) groups is 2. The molecule has 6 heteroatoms. The van der Waals surface area contributed by atoms with Gasteiger partial charge in [0.15, 0.2) is 0 Å². The molecule has 0 saturated heterocycles. The Morgan fingerprint density at radius 3 is 2.44 bits per heavy atom. The maximum atomic E-state index is 12.2. The van der Waals surface area contributed by atoms with Gasteiger partial charge in [0.25, 0.3) is 0 Å². The van der Waals surface area contributed by atoms with Gasteiger partial charge in [-0.05, 0) is 49.9 Å². The molecular weight excluding hydrogens is 362 g/mol. The highest BCUT2D eigenvalue weighted by atomic mass is 32.1. The van der Waals surface area contributed by atoms with E-state index in [2.05, 4.69) is 12.2 Å². The third-order valence-electron chi connectivity index (χ3n) is 4.03. The zero-order valence-electron chi connectivity index (χ0n) is 16.2. The highest BCUT2D eigenvalue weighted by Crippen LogP contribution is 2.29. The predicted octanol–water partition coefficient (Wildman–Crippen LogP) is 4.85. The van der Waals surface area contributed by atoms with E-state index in [-0.39, 0.29) is 5.91 Å². The average Bonchev–Trinajstić information content (AvgIpc) is 3.09. The van der Waals surface area contributed by atoms with E-state index in [9.17, 15) is 9.59 Å². The first-order valence-corrected chi connectivity index (χ1v) is 10.2. The summed E-state index contributed by atoms with van der Waals surface area (Å²) in [7, 11) is 0. The Morgan fingerprint density at radius 2 is 1.81 bits per heavy atom. The van der Waals surface area contributed by atoms with Crippen molar-refractivity contribution < 1.29 is 19.1 Å². The molecule has 5 nitrogen and oxygen atoms in total. The number of benzene rings is 1. The third kappa shape index (κ3) is 6.40. The fraction of sp³-hybridized carbons (Fsp3) is 0.429. The van der Waals surface area contributed by atoms with Crippen molar-refractivity contribution in [3.63, 3.8) is 0 Å². The van der Waals surface area contributed by atoms with Crippen molar-refractivity contribution in [2.75, 3.05) is 18.5 Å². The van der Waals surface area contributed by atoms with Crippen LogP contribution in [0.1, 0.15) is 54.4 Å². The van der Waals surface area contributed by atoms with Crippen molar-refractivity contribution in [3.05, 3.63) is 46.3 Å². The second-order valence-corrected chi connectivity index (χ2v) is 7.16. The lowest BCUT2D eigenvalue weighted by Crippen LogP contribution is -2.14. The summed E-state index contributed by atoms with van der Waals surface area (Å²) in [6.07, 6.45) is 2.73. The molecule has 27 heavy (non-hydrogen) atoms. The fourth-order valence-electron chi connectivity index (χ4n) is 2.50. The number of nitrogens with one attached hydrogen (secondary N) is 1. The molecule has 1 aromatic carbocycles. The molecule has 0 aliphatic rings. The first-order chi connectivity index (χ1) is 13.1. The Labute approximate surface area is 164 Å². The molecule has 2 aromatic rings. The highest BCUT2D eigenvalue weighted by Gasteiger charge is 2.18. The SMILES string of the molecule is CCOC(=O)c1cc(CC)sc1NC(=O)CCCOc1ccc(CC)cc1. The zero-order chi connectivity index (χ0) is 19.6. The summed E-state index contributed by atoms with van der Waals surface area (Å²) < 4.78 is 10.7. The van der Waals surface area contributed by atoms with E-state index in [1.807, 2.05) is 31.2 Å². The summed E-state index contributed by atoms with van der Waals surface area (Å²) in [5, 5.41) is 3.40. The van der Waals surface area contributed by atoms with Crippen LogP contribution in [0.15, 0.2) is 30.3 Å². The van der Waals surface area contributed by atoms with E-state index in [0.29, 0.717) is 36.6 Å². The molecule has 0 aliphatic heterocycles. The van der Waals surface area contributed by atoms with Gasteiger partial charge < -0.3 is 14.8 Å². The maximum Gasteiger partial charge on any atom is 0.341 e. The number of hydrogen-bond donors (Lipinski definition) is 1. The van der Waals surface area contributed by atoms with E-state index < -0.39 is 5.97 Å². The number of hydrogen-bond acceptors (Lipinski definition) is 5. The lowest BCUT2D eigenvalue weighted by atomic mass is 10.2. The molecular formula is C21H27NO4S. The summed E-state index contributed by atoms with van der Waals surface area (Å²) in [6.45, 7) is 6.66. The van der Waals surface area contributed by atoms with Crippen molar-refractivity contribution >= 4 is 28.2 Å². The van der Waals surface area contributed by atoms with Crippen LogP contribution in [-0.4, -0.2) is 25.1 Å². The van der Waals surface area contributed by atoms with Gasteiger partial charge in [0, 0.05) is 11.3 Å². The van der Waals surface area contributed by atoms with Crippen molar-refractivity contribution in [3.8, 4) is 5.75 Å². The van der Waals surface area contributed by atoms with Crippen LogP contribution in [0.25, 0.3) is 0 Å². The Kier molecular flexibility index (Phi) is 8.33. The molecule has 2 rings (SSSR count). The minimum atomic E-state index is -0.400. The predicted molar refractivity (Wildman–Crippen MR) is 109 cm³/mol. The monoisotopic (exact) mass is 389 g/mol. The summed E-state index contributed by atoms with van der Waals surface area (Å²) in [6, 6.07) is 9.77. The number of esters is 1. The van der Waals surface area contributed by atoms with Crippen molar-refractivity contribution in [2.45, 2.75) is 46.5 Å². The summed E-state index contributed by atoms with van der Waals surface area (Å²) in [4.78, 5) is 25.3. The van der Waals surface area contributed by atoms with Crippen LogP contribution >= 0.6 is 11.3 Å². The van der Waals surface area contributed by atoms with Gasteiger partial charge in [0.05, 0.1) is 18.8 Å². The lowest BCUT2D eigenvalue weighted by Gasteiger charge is -2.08. The molecule has 0 atom stereocenters. The molecule has 1 amide bonds. The van der Waals surface area contributed by atoms with Crippen molar-refractivity contribution in [1.29, 1.82) is 0 Å². The molecule has 0 aliphatic carbocycles. The second-order valence-electron chi connectivity index (χ2n) is 6.03. The number of ether oxygens (including phenoxy) is 2. The molecule has 0 spiro atoms. The number of rotatable bonds is 10. The standard InChI is InChI=1S/C21H27NO4S/c1-4-15-9-11-16(12-10-15)26-13-7-8-19(23)22-20-18(21(24)25-6-3)14-17(5-2)27-20/h9-12,14H,4-8,13H2,1-3H3,(H,22,23). The molecule has 0 saturated carbocycles. The van der Waals surface area contributed by atoms with Crippen LogP contribution in [0.3, 0.4) is 0 Å². The molecule has 0 fully saturated rings. The Hall–Kier alpha value is -2.34. The molecule has 0 bridgehead atoms. The number of aryl methyl sites for hydroxylation is 2. The maximum absolute atomic E-state index is 12.2. The van der Waals surface area contributed by atoms with Gasteiger partial charge in [-0.2, -0.15) is 0 Å². The Balaban J connectivity index is 1.82. The first-order valence-electron chi connectivity index (χ1n) is 9.38. The molecule has 1 N–H and O–H groups in total. The van der Waals surface area contributed by atoms with Gasteiger partial charge in [0.1, 0.15) is 10.8 Å². The van der Waals surface area contributed by atoms with Crippen molar-refractivity contribution in [2.24, 2.45) is 0 Å². The molecule has 0 unspecified atom stereocenters. The van der Waals surface area contributed by atoms with Gasteiger partial charge in [-0.1, -0.05) is 26.0 Å². The minimum Gasteiger partial charge on any atom is -0.494 e. The van der Waals surface area contributed by atoms with Crippen LogP contribution in [0, 0.1) is 0 Å². The fourth-order valence-corrected chi connectivity index (χ4v) is 3.50. The summed E-state index contributed by atoms with van der Waals surface area (Å²) in [5.74, 6) is 0.278. The van der Waals surface area contributed by atoms with E-state index >= 15 is 0 Å². The van der Waals surface area contributed by atoms with E-state index in [4.69, 9.17) is 9.47 Å². The zero-order valence-corrected chi connectivity index (χ0v) is 17.0. The summed E-state index contributed by atoms with van der Waals surface area (Å²) in [5.41, 5.74) is 1.70. The van der Waals surface area contributed by atoms with Crippen LogP contribution in [0.5, 0.6) is 5.75 Å². The normalized spacial score (nSPS) is 10.5. The van der Waals surface area contributed by atoms with Gasteiger partial charge in [0.2, 0.25) is 5.91 Å². The number of amides is 1. The molecule has 1 aromatic heterocycles. The molecule has 1 heterocycles. The summed E-state index contributed by atoms with van der Waals surface area (Å²) >= 11 is 1.42. The first kappa shape index (κ1) is 21.0. The minimum absolute atomic E-state index is 0.130. The number of thiophene rings is 1. The van der Waals surface area contributed by atoms with Crippen LogP contribution in [0.4, 0.5) is 5.00 Å². The van der Waals surface area contributed by atoms with Crippen LogP contribution in [0.2, 0.25) is 0 Å². The van der Waals surface area contributed by atoms with Crippen LogP contribution in [-0.2, 0) is 22.4 Å². The quantitative estimate of drug-likeness (QED) is 0.466. The second kappa shape index (κ2) is 10.7. The van der Waals surface area contributed by atoms with Gasteiger partial charge in [-0.25, -0.2) is 4.79 Å². The molecule has 0 radical (unpaired) electrons. The Bertz CT molecular complexity index is 752. The van der Waals surface area contributed by atoms with E-state index in [1.165, 1.54) is 16.9 Å². The third-order valence-corrected chi connectivity index (χ3v) is 5.22. The van der Waals surface area contributed by atoms with Crippen molar-refractivity contribution in [1.82, 2.24) is 0 Å². The lowest BCUT2D eigenvalue weighted by molar-refractivity contribution is -0.116. The largest absolute Gasteiger partial charge is 0.494 e. The smallest absolute Gasteiger partial charge is 0.341 e. The number of carbonyl (C=O) groups excluding carboxylic acids is 2. The topological polar surface area (TPSA) is 64.6 Å².